The summed E-state index contributed by atoms with van der Waals surface area (Å²) in [5, 5.41) is 0. The van der Waals surface area contributed by atoms with Crippen molar-refractivity contribution < 1.29 is 21.9 Å². The van der Waals surface area contributed by atoms with Gasteiger partial charge in [-0.15, -0.1) is 6.07 Å². The average molecular weight is 211 g/mol. The van der Waals surface area contributed by atoms with Crippen LogP contribution in [-0.4, -0.2) is 37.3 Å². The molecule has 13 heavy (non-hydrogen) atoms. The summed E-state index contributed by atoms with van der Waals surface area (Å²) in [6, 6.07) is 5.54. The number of rotatable bonds is 2. The summed E-state index contributed by atoms with van der Waals surface area (Å²) >= 11 is 0. The van der Waals surface area contributed by atoms with Gasteiger partial charge in [0.1, 0.15) is 11.5 Å². The smallest absolute Gasteiger partial charge is 1.00 e. The Kier molecular flexibility index (Phi) is 8.41. The van der Waals surface area contributed by atoms with Gasteiger partial charge in [-0.3, -0.25) is 0 Å². The molecule has 0 heterocycles. The molecular formula is C9H11ClMgO2. The third kappa shape index (κ3) is 3.98. The first-order chi connectivity index (χ1) is 5.27. The molecule has 1 aromatic rings. The van der Waals surface area contributed by atoms with Crippen LogP contribution in [-0.2, 0) is 0 Å². The van der Waals surface area contributed by atoms with Crippen molar-refractivity contribution in [3.63, 3.8) is 0 Å². The first kappa shape index (κ1) is 15.2. The number of hydrogen-bond acceptors (Lipinski definition) is 2. The Bertz CT molecular complexity index is 253. The van der Waals surface area contributed by atoms with E-state index >= 15 is 0 Å². The van der Waals surface area contributed by atoms with Crippen LogP contribution < -0.4 is 21.9 Å². The van der Waals surface area contributed by atoms with Gasteiger partial charge in [0, 0.05) is 0 Å². The Morgan fingerprint density at radius 2 is 1.62 bits per heavy atom. The number of ether oxygens (including phenoxy) is 2. The molecule has 0 saturated carbocycles. The van der Waals surface area contributed by atoms with Gasteiger partial charge < -0.3 is 21.9 Å². The topological polar surface area (TPSA) is 18.5 Å². The molecule has 0 fully saturated rings. The SMILES string of the molecule is [CH2-]c1ccc(OC)c(OC)c1.[Cl-].[Mg+2]. The second-order valence-electron chi connectivity index (χ2n) is 2.19. The van der Waals surface area contributed by atoms with Gasteiger partial charge in [-0.05, 0) is 0 Å². The predicted octanol–water partition coefficient (Wildman–Crippen LogP) is -1.49. The van der Waals surface area contributed by atoms with Crippen molar-refractivity contribution in [1.82, 2.24) is 0 Å². The normalized spacial score (nSPS) is 7.85. The van der Waals surface area contributed by atoms with E-state index in [0.717, 1.165) is 17.1 Å². The largest absolute Gasteiger partial charge is 2.00 e. The maximum atomic E-state index is 5.05. The fraction of sp³-hybridized carbons (Fsp3) is 0.222. The first-order valence-corrected chi connectivity index (χ1v) is 3.32. The van der Waals surface area contributed by atoms with E-state index in [1.807, 2.05) is 18.2 Å². The van der Waals surface area contributed by atoms with E-state index in [0.29, 0.717) is 0 Å². The van der Waals surface area contributed by atoms with Crippen molar-refractivity contribution >= 4 is 23.1 Å². The molecule has 4 heteroatoms. The molecule has 0 N–H and O–H groups in total. The van der Waals surface area contributed by atoms with E-state index in [4.69, 9.17) is 9.47 Å². The summed E-state index contributed by atoms with van der Waals surface area (Å²) in [7, 11) is 3.22. The van der Waals surface area contributed by atoms with Gasteiger partial charge in [0.25, 0.3) is 0 Å². The Balaban J connectivity index is 0. The Morgan fingerprint density at radius 3 is 2.08 bits per heavy atom. The summed E-state index contributed by atoms with van der Waals surface area (Å²) < 4.78 is 10.1. The van der Waals surface area contributed by atoms with Crippen LogP contribution in [0.1, 0.15) is 5.56 Å². The molecule has 1 aromatic carbocycles. The molecule has 0 aliphatic heterocycles. The van der Waals surface area contributed by atoms with E-state index in [9.17, 15) is 0 Å². The summed E-state index contributed by atoms with van der Waals surface area (Å²) in [5.74, 6) is 1.46. The van der Waals surface area contributed by atoms with Gasteiger partial charge in [-0.1, -0.05) is 6.07 Å². The van der Waals surface area contributed by atoms with Gasteiger partial charge in [0.15, 0.2) is 0 Å². The second-order valence-corrected chi connectivity index (χ2v) is 2.19. The second kappa shape index (κ2) is 7.18. The van der Waals surface area contributed by atoms with Crippen molar-refractivity contribution in [3.05, 3.63) is 30.7 Å². The molecule has 1 rings (SSSR count). The fourth-order valence-electron chi connectivity index (χ4n) is 0.881. The molecule has 68 valence electrons. The molecule has 2 nitrogen and oxygen atoms in total. The third-order valence-corrected chi connectivity index (χ3v) is 1.45. The maximum Gasteiger partial charge on any atom is 2.00 e. The Hall–Kier alpha value is -0.254. The van der Waals surface area contributed by atoms with E-state index in [2.05, 4.69) is 6.92 Å². The molecule has 0 amide bonds. The van der Waals surface area contributed by atoms with Crippen molar-refractivity contribution in [3.8, 4) is 11.5 Å². The van der Waals surface area contributed by atoms with Crippen molar-refractivity contribution in [1.29, 1.82) is 0 Å². The van der Waals surface area contributed by atoms with E-state index in [1.165, 1.54) is 0 Å². The monoisotopic (exact) mass is 210 g/mol. The molecule has 0 aliphatic carbocycles. The minimum absolute atomic E-state index is 0. The van der Waals surface area contributed by atoms with E-state index < -0.39 is 0 Å². The number of benzene rings is 1. The average Bonchev–Trinajstić information content (AvgIpc) is 2.04. The third-order valence-electron chi connectivity index (χ3n) is 1.45. The molecule has 0 atom stereocenters. The zero-order valence-corrected chi connectivity index (χ0v) is 10.0. The van der Waals surface area contributed by atoms with Crippen LogP contribution in [0.25, 0.3) is 0 Å². The van der Waals surface area contributed by atoms with Crippen molar-refractivity contribution in [2.45, 2.75) is 0 Å². The summed E-state index contributed by atoms with van der Waals surface area (Å²) in [6.07, 6.45) is 0. The fourth-order valence-corrected chi connectivity index (χ4v) is 0.881. The summed E-state index contributed by atoms with van der Waals surface area (Å²) in [6.45, 7) is 3.77. The predicted molar refractivity (Wildman–Crippen MR) is 49.8 cm³/mol. The molecule has 0 unspecified atom stereocenters. The van der Waals surface area contributed by atoms with Gasteiger partial charge in [0.05, 0.1) is 14.2 Å². The van der Waals surface area contributed by atoms with Gasteiger partial charge in [-0.25, -0.2) is 0 Å². The van der Waals surface area contributed by atoms with Crippen LogP contribution in [0.15, 0.2) is 18.2 Å². The number of methoxy groups -OCH3 is 2. The summed E-state index contributed by atoms with van der Waals surface area (Å²) in [5.41, 5.74) is 0.919. The minimum Gasteiger partial charge on any atom is -1.00 e. The summed E-state index contributed by atoms with van der Waals surface area (Å²) in [4.78, 5) is 0. The molecule has 0 saturated heterocycles. The van der Waals surface area contributed by atoms with E-state index in [-0.39, 0.29) is 35.5 Å². The molecule has 0 radical (unpaired) electrons. The quantitative estimate of drug-likeness (QED) is 0.438. The van der Waals surface area contributed by atoms with E-state index in [1.54, 1.807) is 14.2 Å². The number of halogens is 1. The Morgan fingerprint density at radius 1 is 1.08 bits per heavy atom. The Labute approximate surface area is 101 Å². The van der Waals surface area contributed by atoms with Gasteiger partial charge in [-0.2, -0.15) is 18.6 Å². The van der Waals surface area contributed by atoms with Crippen molar-refractivity contribution in [2.24, 2.45) is 0 Å². The minimum atomic E-state index is 0. The molecular weight excluding hydrogens is 200 g/mol. The zero-order chi connectivity index (χ0) is 8.27. The van der Waals surface area contributed by atoms with Gasteiger partial charge >= 0.3 is 23.1 Å². The van der Waals surface area contributed by atoms with Crippen molar-refractivity contribution in [2.75, 3.05) is 14.2 Å². The molecule has 0 spiro atoms. The molecule has 0 aliphatic rings. The molecule has 0 bridgehead atoms. The van der Waals surface area contributed by atoms with Crippen LogP contribution in [0, 0.1) is 6.92 Å². The van der Waals surface area contributed by atoms with Crippen LogP contribution in [0.5, 0.6) is 11.5 Å². The van der Waals surface area contributed by atoms with Crippen LogP contribution in [0.2, 0.25) is 0 Å². The van der Waals surface area contributed by atoms with Gasteiger partial charge in [0.2, 0.25) is 0 Å². The maximum absolute atomic E-state index is 5.05. The zero-order valence-electron chi connectivity index (χ0n) is 7.84. The first-order valence-electron chi connectivity index (χ1n) is 3.32. The van der Waals surface area contributed by atoms with Crippen LogP contribution in [0.4, 0.5) is 0 Å². The van der Waals surface area contributed by atoms with Crippen LogP contribution >= 0.6 is 0 Å². The number of hydrogen-bond donors (Lipinski definition) is 0. The standard InChI is InChI=1S/C9H11O2.ClH.Mg/c1-7-4-5-8(10-2)9(6-7)11-3;;/h4-6H,1H2,2-3H3;1H;/q-1;;+2/p-1. The molecule has 0 aromatic heterocycles. The van der Waals surface area contributed by atoms with Crippen LogP contribution in [0.3, 0.4) is 0 Å².